The minimum absolute atomic E-state index is 0.101. The van der Waals surface area contributed by atoms with Gasteiger partial charge < -0.3 is 0 Å². The molecule has 1 atom stereocenters. The minimum Gasteiger partial charge on any atom is -0.0806 e. The predicted molar refractivity (Wildman–Crippen MR) is 65.9 cm³/mol. The smallest absolute Gasteiger partial charge is 0.00739 e. The van der Waals surface area contributed by atoms with E-state index < -0.39 is 0 Å². The van der Waals surface area contributed by atoms with Crippen LogP contribution in [-0.4, -0.2) is 12.3 Å². The van der Waals surface area contributed by atoms with E-state index in [9.17, 15) is 0 Å². The van der Waals surface area contributed by atoms with Crippen molar-refractivity contribution < 1.29 is 0 Å². The average molecular weight is 204 g/mol. The van der Waals surface area contributed by atoms with Crippen LogP contribution in [0.25, 0.3) is 0 Å². The zero-order valence-electron chi connectivity index (χ0n) is 8.96. The zero-order valence-corrected chi connectivity index (χ0v) is 9.85. The molecule has 1 unspecified atom stereocenters. The second-order valence-corrected chi connectivity index (χ2v) is 6.16. The summed E-state index contributed by atoms with van der Waals surface area (Å²) in [5.74, 6) is 0. The molecule has 0 N–H and O–H groups in total. The van der Waals surface area contributed by atoms with E-state index in [1.807, 2.05) is 0 Å². The Bertz CT molecular complexity index is 352. The van der Waals surface area contributed by atoms with E-state index in [0.29, 0.717) is 0 Å². The molecule has 1 aromatic rings. The van der Waals surface area contributed by atoms with Crippen molar-refractivity contribution in [2.24, 2.45) is 0 Å². The normalized spacial score (nSPS) is 21.0. The Morgan fingerprint density at radius 1 is 1.29 bits per heavy atom. The molecule has 1 heterocycles. The Balaban J connectivity index is 2.24. The van der Waals surface area contributed by atoms with E-state index in [4.69, 9.17) is 0 Å². The van der Waals surface area contributed by atoms with Gasteiger partial charge in [-0.3, -0.25) is 0 Å². The predicted octanol–water partition coefficient (Wildman–Crippen LogP) is 3.32. The Morgan fingerprint density at radius 3 is 2.71 bits per heavy atom. The Kier molecular flexibility index (Phi) is 3.03. The highest BCUT2D eigenvalue weighted by Crippen LogP contribution is 2.42. The number of rotatable bonds is 2. The number of allylic oxidation sites excluding steroid dienone is 2. The molecule has 0 nitrogen and oxygen atoms in total. The van der Waals surface area contributed by atoms with Gasteiger partial charge in [0.2, 0.25) is 0 Å². The summed E-state index contributed by atoms with van der Waals surface area (Å²) in [7, 11) is 0.101. The summed E-state index contributed by atoms with van der Waals surface area (Å²) >= 11 is 0. The molecule has 0 bridgehead atoms. The van der Waals surface area contributed by atoms with Crippen molar-refractivity contribution >= 4 is 13.2 Å². The van der Waals surface area contributed by atoms with Crippen LogP contribution in [0.4, 0.5) is 0 Å². The standard InChI is InChI=1S/C13H17P/c1-3-12-6-4-5-7-13(12)14-9-8-11(2)10-14/h4-8H,3,9-10H2,1-2H3. The van der Waals surface area contributed by atoms with Crippen molar-refractivity contribution in [3.63, 3.8) is 0 Å². The largest absolute Gasteiger partial charge is 0.0806 e. The van der Waals surface area contributed by atoms with Crippen molar-refractivity contribution in [2.75, 3.05) is 12.3 Å². The first-order chi connectivity index (χ1) is 6.81. The molecule has 0 fully saturated rings. The van der Waals surface area contributed by atoms with Gasteiger partial charge in [-0.1, -0.05) is 50.8 Å². The van der Waals surface area contributed by atoms with Gasteiger partial charge in [-0.2, -0.15) is 0 Å². The molecule has 0 spiro atoms. The van der Waals surface area contributed by atoms with Crippen molar-refractivity contribution in [1.82, 2.24) is 0 Å². The van der Waals surface area contributed by atoms with Crippen molar-refractivity contribution in [2.45, 2.75) is 20.3 Å². The van der Waals surface area contributed by atoms with E-state index in [1.165, 1.54) is 18.7 Å². The Hall–Kier alpha value is -0.610. The van der Waals surface area contributed by atoms with Crippen molar-refractivity contribution in [1.29, 1.82) is 0 Å². The molecule has 0 amide bonds. The van der Waals surface area contributed by atoms with E-state index in [-0.39, 0.29) is 7.92 Å². The second-order valence-electron chi connectivity index (χ2n) is 3.91. The summed E-state index contributed by atoms with van der Waals surface area (Å²) in [6.07, 6.45) is 6.22. The highest BCUT2D eigenvalue weighted by molar-refractivity contribution is 7.66. The van der Waals surface area contributed by atoms with Crippen molar-refractivity contribution in [3.8, 4) is 0 Å². The highest BCUT2D eigenvalue weighted by atomic mass is 31.1. The van der Waals surface area contributed by atoms with Gasteiger partial charge >= 0.3 is 0 Å². The van der Waals surface area contributed by atoms with Gasteiger partial charge in [0.1, 0.15) is 0 Å². The molecule has 0 aromatic heterocycles. The van der Waals surface area contributed by atoms with E-state index >= 15 is 0 Å². The first-order valence-corrected chi connectivity index (χ1v) is 7.01. The van der Waals surface area contributed by atoms with Crippen LogP contribution in [0.1, 0.15) is 19.4 Å². The molecule has 0 radical (unpaired) electrons. The fraction of sp³-hybridized carbons (Fsp3) is 0.385. The first kappa shape index (κ1) is 9.93. The summed E-state index contributed by atoms with van der Waals surface area (Å²) in [5, 5.41) is 1.64. The van der Waals surface area contributed by atoms with Gasteiger partial charge in [0, 0.05) is 0 Å². The van der Waals surface area contributed by atoms with Crippen LogP contribution in [0.15, 0.2) is 35.9 Å². The third-order valence-electron chi connectivity index (χ3n) is 2.81. The maximum Gasteiger partial charge on any atom is -0.00739 e. The fourth-order valence-corrected chi connectivity index (χ4v) is 4.69. The number of hydrogen-bond acceptors (Lipinski definition) is 0. The Morgan fingerprint density at radius 2 is 2.07 bits per heavy atom. The molecule has 1 heteroatoms. The third-order valence-corrected chi connectivity index (χ3v) is 5.44. The van der Waals surface area contributed by atoms with Gasteiger partial charge in [0.25, 0.3) is 0 Å². The highest BCUT2D eigenvalue weighted by Gasteiger charge is 2.17. The van der Waals surface area contributed by atoms with E-state index in [2.05, 4.69) is 44.2 Å². The SMILES string of the molecule is CCc1ccccc1P1CC=C(C)C1. The van der Waals surface area contributed by atoms with Gasteiger partial charge in [-0.05, 0) is 36.5 Å². The Labute approximate surface area is 87.8 Å². The molecular formula is C13H17P. The molecule has 0 aliphatic carbocycles. The zero-order chi connectivity index (χ0) is 9.97. The number of aryl methyl sites for hydroxylation is 1. The van der Waals surface area contributed by atoms with Crippen molar-refractivity contribution in [3.05, 3.63) is 41.5 Å². The summed E-state index contributed by atoms with van der Waals surface area (Å²) in [6, 6.07) is 8.96. The van der Waals surface area contributed by atoms with Gasteiger partial charge in [0.05, 0.1) is 0 Å². The number of hydrogen-bond donors (Lipinski definition) is 0. The lowest BCUT2D eigenvalue weighted by atomic mass is 10.2. The molecule has 1 aliphatic heterocycles. The van der Waals surface area contributed by atoms with Crippen LogP contribution < -0.4 is 5.30 Å². The van der Waals surface area contributed by atoms with Gasteiger partial charge in [-0.15, -0.1) is 0 Å². The molecule has 0 saturated heterocycles. The van der Waals surface area contributed by atoms with Crippen LogP contribution in [0.2, 0.25) is 0 Å². The fourth-order valence-electron chi connectivity index (χ4n) is 2.00. The van der Waals surface area contributed by atoms with E-state index in [1.54, 1.807) is 16.4 Å². The summed E-state index contributed by atoms with van der Waals surface area (Å²) in [6.45, 7) is 4.52. The van der Waals surface area contributed by atoms with Gasteiger partial charge in [0.15, 0.2) is 0 Å². The maximum absolute atomic E-state index is 2.41. The topological polar surface area (TPSA) is 0 Å². The average Bonchev–Trinajstić information content (AvgIpc) is 2.65. The first-order valence-electron chi connectivity index (χ1n) is 5.29. The number of benzene rings is 1. The summed E-state index contributed by atoms with van der Waals surface area (Å²) in [5.41, 5.74) is 3.14. The van der Waals surface area contributed by atoms with Crippen LogP contribution in [-0.2, 0) is 6.42 Å². The van der Waals surface area contributed by atoms with Crippen LogP contribution in [0, 0.1) is 0 Å². The molecule has 74 valence electrons. The third kappa shape index (κ3) is 1.91. The van der Waals surface area contributed by atoms with Crippen LogP contribution in [0.5, 0.6) is 0 Å². The molecule has 1 aromatic carbocycles. The molecule has 2 rings (SSSR count). The maximum atomic E-state index is 2.41. The molecule has 0 saturated carbocycles. The van der Waals surface area contributed by atoms with Crippen LogP contribution >= 0.6 is 7.92 Å². The van der Waals surface area contributed by atoms with E-state index in [0.717, 1.165) is 0 Å². The molecule has 1 aliphatic rings. The van der Waals surface area contributed by atoms with Crippen LogP contribution in [0.3, 0.4) is 0 Å². The lowest BCUT2D eigenvalue weighted by Gasteiger charge is -2.15. The van der Waals surface area contributed by atoms with Gasteiger partial charge in [-0.25, -0.2) is 0 Å². The summed E-state index contributed by atoms with van der Waals surface area (Å²) in [4.78, 5) is 0. The quantitative estimate of drug-likeness (QED) is 0.512. The molecular weight excluding hydrogens is 187 g/mol. The second kappa shape index (κ2) is 4.28. The lowest BCUT2D eigenvalue weighted by Crippen LogP contribution is -2.08. The minimum atomic E-state index is 0.101. The summed E-state index contributed by atoms with van der Waals surface area (Å²) < 4.78 is 0. The monoisotopic (exact) mass is 204 g/mol. The lowest BCUT2D eigenvalue weighted by molar-refractivity contribution is 1.15. The molecule has 14 heavy (non-hydrogen) atoms.